The van der Waals surface area contributed by atoms with Crippen molar-refractivity contribution in [3.8, 4) is 0 Å². The third-order valence-electron chi connectivity index (χ3n) is 0.393. The van der Waals surface area contributed by atoms with E-state index in [0.717, 1.165) is 0 Å². The van der Waals surface area contributed by atoms with E-state index in [1.165, 1.54) is 6.21 Å². The van der Waals surface area contributed by atoms with Crippen LogP contribution in [0, 0.1) is 0 Å². The van der Waals surface area contributed by atoms with Crippen molar-refractivity contribution in [3.63, 3.8) is 0 Å². The van der Waals surface area contributed by atoms with E-state index in [1.807, 2.05) is 0 Å². The molecule has 1 rings (SSSR count). The van der Waals surface area contributed by atoms with Gasteiger partial charge in [-0.1, -0.05) is 0 Å². The molecule has 0 atom stereocenters. The van der Waals surface area contributed by atoms with Crippen LogP contribution in [0.25, 0.3) is 0 Å². The average molecular weight is 81.1 g/mol. The van der Waals surface area contributed by atoms with Crippen LogP contribution in [0.4, 0.5) is 4.79 Å². The van der Waals surface area contributed by atoms with Gasteiger partial charge in [0.2, 0.25) is 0 Å². The predicted molar refractivity (Wildman–Crippen MR) is 21.3 cm³/mol. The molecule has 0 aliphatic carbocycles. The highest BCUT2D eigenvalue weighted by molar-refractivity contribution is 6.25. The Labute approximate surface area is 34.4 Å². The van der Waals surface area contributed by atoms with Crippen LogP contribution in [0.15, 0.2) is 9.98 Å². The van der Waals surface area contributed by atoms with E-state index in [1.54, 1.807) is 0 Å². The Morgan fingerprint density at radius 1 is 1.83 bits per heavy atom. The number of nitrogens with zero attached hydrogens (tertiary/aromatic N) is 2. The molecule has 3 heteroatoms. The first kappa shape index (κ1) is 3.21. The number of aliphatic imine (C=N–C) groups is 2. The van der Waals surface area contributed by atoms with Gasteiger partial charge in [-0.25, -0.2) is 4.79 Å². The molecule has 0 aromatic rings. The Hall–Kier alpha value is -0.990. The first-order valence-corrected chi connectivity index (χ1v) is 1.42. The molecule has 6 heavy (non-hydrogen) atoms. The van der Waals surface area contributed by atoms with E-state index in [9.17, 15) is 4.79 Å². The maximum atomic E-state index is 9.82. The molecule has 29 valence electrons. The second-order valence-corrected chi connectivity index (χ2v) is 0.782. The maximum Gasteiger partial charge on any atom is 0.367 e. The summed E-state index contributed by atoms with van der Waals surface area (Å²) in [6.07, 6.45) is 3.49. The van der Waals surface area contributed by atoms with Gasteiger partial charge >= 0.3 is 6.03 Å². The van der Waals surface area contributed by atoms with E-state index in [0.29, 0.717) is 0 Å². The highest BCUT2D eigenvalue weighted by Gasteiger charge is 1.92. The summed E-state index contributed by atoms with van der Waals surface area (Å²) in [6, 6.07) is -0.463. The molecule has 0 aromatic carbocycles. The molecule has 1 aliphatic heterocycles. The summed E-state index contributed by atoms with van der Waals surface area (Å²) in [6.45, 7) is 0. The summed E-state index contributed by atoms with van der Waals surface area (Å²) in [5, 5.41) is 0. The van der Waals surface area contributed by atoms with Gasteiger partial charge in [0.15, 0.2) is 0 Å². The summed E-state index contributed by atoms with van der Waals surface area (Å²) in [4.78, 5) is 16.1. The van der Waals surface area contributed by atoms with Crippen molar-refractivity contribution in [2.75, 3.05) is 0 Å². The molecular weight excluding hydrogens is 80.0 g/mol. The smallest absolute Gasteiger partial charge is 0.244 e. The molecule has 1 heterocycles. The van der Waals surface area contributed by atoms with Crippen LogP contribution < -0.4 is 0 Å². The lowest BCUT2D eigenvalue weighted by Crippen LogP contribution is -1.70. The lowest BCUT2D eigenvalue weighted by atomic mass is 10.9. The van der Waals surface area contributed by atoms with Gasteiger partial charge in [0.05, 0.1) is 6.21 Å². The zero-order chi connectivity index (χ0) is 4.41. The Bertz CT molecular complexity index is 111. The number of hydrogen-bond acceptors (Lipinski definition) is 1. The quantitative estimate of drug-likeness (QED) is 0.409. The number of carbonyl (C=O) groups is 1. The van der Waals surface area contributed by atoms with Gasteiger partial charge in [0, 0.05) is 0 Å². The zero-order valence-electron chi connectivity index (χ0n) is 2.88. The van der Waals surface area contributed by atoms with Gasteiger partial charge in [0.1, 0.15) is 6.21 Å². The lowest BCUT2D eigenvalue weighted by Gasteiger charge is -1.61. The predicted octanol–water partition coefficient (Wildman–Crippen LogP) is 0.139. The summed E-state index contributed by atoms with van der Waals surface area (Å²) >= 11 is 0. The number of hydrogen-bond donors (Lipinski definition) is 0. The minimum absolute atomic E-state index is 0.463. The van der Waals surface area contributed by atoms with Crippen molar-refractivity contribution in [3.05, 3.63) is 0 Å². The third kappa shape index (κ3) is 0.337. The minimum Gasteiger partial charge on any atom is -0.244 e. The van der Waals surface area contributed by atoms with Gasteiger partial charge in [-0.15, -0.1) is 0 Å². The third-order valence-corrected chi connectivity index (χ3v) is 0.393. The fourth-order valence-corrected chi connectivity index (χ4v) is 0.197. The molecular formula is C3HN2O. The van der Waals surface area contributed by atoms with E-state index >= 15 is 0 Å². The van der Waals surface area contributed by atoms with Gasteiger partial charge < -0.3 is 0 Å². The molecule has 0 spiro atoms. The Morgan fingerprint density at radius 2 is 2.67 bits per heavy atom. The summed E-state index contributed by atoms with van der Waals surface area (Å²) in [5.74, 6) is 0. The van der Waals surface area contributed by atoms with Crippen molar-refractivity contribution in [2.45, 2.75) is 0 Å². The number of urea groups is 1. The van der Waals surface area contributed by atoms with Crippen LogP contribution in [0.1, 0.15) is 0 Å². The molecule has 0 N–H and O–H groups in total. The van der Waals surface area contributed by atoms with Crippen LogP contribution in [0.2, 0.25) is 0 Å². The highest BCUT2D eigenvalue weighted by Crippen LogP contribution is 1.81. The van der Waals surface area contributed by atoms with Crippen molar-refractivity contribution < 1.29 is 4.79 Å². The maximum absolute atomic E-state index is 9.82. The largest absolute Gasteiger partial charge is 0.367 e. The molecule has 0 fully saturated rings. The second kappa shape index (κ2) is 1.01. The molecule has 1 radical (unpaired) electrons. The van der Waals surface area contributed by atoms with Crippen LogP contribution in [-0.4, -0.2) is 18.5 Å². The highest BCUT2D eigenvalue weighted by atomic mass is 16.2. The standard InChI is InChI=1S/C3HN2O/c6-3-4-1-2-5-3/h1H. The molecule has 0 saturated carbocycles. The first-order chi connectivity index (χ1) is 2.89. The van der Waals surface area contributed by atoms with Crippen molar-refractivity contribution in [2.24, 2.45) is 9.98 Å². The fraction of sp³-hybridized carbons (Fsp3) is 0. The lowest BCUT2D eigenvalue weighted by molar-refractivity contribution is 0.257. The number of carbonyl (C=O) groups excluding carboxylic acids is 1. The summed E-state index contributed by atoms with van der Waals surface area (Å²) < 4.78 is 0. The molecule has 1 aliphatic rings. The van der Waals surface area contributed by atoms with E-state index in [4.69, 9.17) is 0 Å². The zero-order valence-corrected chi connectivity index (χ0v) is 2.88. The number of rotatable bonds is 0. The van der Waals surface area contributed by atoms with E-state index in [2.05, 4.69) is 16.2 Å². The molecule has 3 nitrogen and oxygen atoms in total. The van der Waals surface area contributed by atoms with Crippen molar-refractivity contribution >= 4 is 18.5 Å². The SMILES string of the molecule is O=C1N=[C]C=N1. The summed E-state index contributed by atoms with van der Waals surface area (Å²) in [5.41, 5.74) is 0. The monoisotopic (exact) mass is 81.0 g/mol. The molecule has 0 bridgehead atoms. The van der Waals surface area contributed by atoms with Crippen LogP contribution in [0.3, 0.4) is 0 Å². The number of amides is 2. The Morgan fingerprint density at radius 3 is 2.83 bits per heavy atom. The molecule has 0 unspecified atom stereocenters. The normalized spacial score (nSPS) is 17.0. The molecule has 2 amide bonds. The van der Waals surface area contributed by atoms with Gasteiger partial charge in [-0.2, -0.15) is 9.98 Å². The van der Waals surface area contributed by atoms with Crippen molar-refractivity contribution in [1.82, 2.24) is 0 Å². The van der Waals surface area contributed by atoms with Crippen LogP contribution in [0.5, 0.6) is 0 Å². The fourth-order valence-electron chi connectivity index (χ4n) is 0.197. The van der Waals surface area contributed by atoms with E-state index in [-0.39, 0.29) is 0 Å². The molecule has 0 saturated heterocycles. The summed E-state index contributed by atoms with van der Waals surface area (Å²) in [7, 11) is 0. The minimum atomic E-state index is -0.463. The van der Waals surface area contributed by atoms with Gasteiger partial charge in [-0.3, -0.25) is 0 Å². The first-order valence-electron chi connectivity index (χ1n) is 1.42. The van der Waals surface area contributed by atoms with Crippen LogP contribution in [-0.2, 0) is 0 Å². The van der Waals surface area contributed by atoms with E-state index < -0.39 is 6.03 Å². The van der Waals surface area contributed by atoms with Crippen molar-refractivity contribution in [1.29, 1.82) is 0 Å². The topological polar surface area (TPSA) is 41.8 Å². The molecule has 0 aromatic heterocycles. The average Bonchev–Trinajstić information content (AvgIpc) is 1.86. The van der Waals surface area contributed by atoms with Crippen LogP contribution >= 0.6 is 0 Å². The Kier molecular flexibility index (Phi) is 0.538. The van der Waals surface area contributed by atoms with Gasteiger partial charge in [-0.05, 0) is 0 Å². The Balaban J connectivity index is 2.86. The second-order valence-electron chi connectivity index (χ2n) is 0.782. The van der Waals surface area contributed by atoms with Gasteiger partial charge in [0.25, 0.3) is 0 Å².